The first-order valence-corrected chi connectivity index (χ1v) is 8.82. The first kappa shape index (κ1) is 16.5. The van der Waals surface area contributed by atoms with Gasteiger partial charge >= 0.3 is 0 Å². The fourth-order valence-electron chi connectivity index (χ4n) is 1.88. The van der Waals surface area contributed by atoms with E-state index in [0.29, 0.717) is 5.75 Å². The molecule has 1 aromatic carbocycles. The van der Waals surface area contributed by atoms with Gasteiger partial charge in [0, 0.05) is 11.9 Å². The van der Waals surface area contributed by atoms with E-state index >= 15 is 0 Å². The fraction of sp³-hybridized carbons (Fsp3) is 0.333. The number of aromatic nitrogens is 2. The van der Waals surface area contributed by atoms with Crippen molar-refractivity contribution in [1.82, 2.24) is 9.97 Å². The van der Waals surface area contributed by atoms with Gasteiger partial charge in [-0.15, -0.1) is 11.8 Å². The van der Waals surface area contributed by atoms with Gasteiger partial charge in [0.1, 0.15) is 17.5 Å². The molecule has 0 bridgehead atoms. The van der Waals surface area contributed by atoms with E-state index in [-0.39, 0.29) is 5.82 Å². The SMILES string of the molecule is CCCc1nc(CSc2cccc(F)c2)nc(NC)c1I. The highest BCUT2D eigenvalue weighted by Crippen LogP contribution is 2.25. The standard InChI is InChI=1S/C15H17FIN3S/c1-3-5-12-14(17)15(18-2)20-13(19-12)9-21-11-7-4-6-10(16)8-11/h4,6-8H,3,5,9H2,1-2H3,(H,18,19,20). The van der Waals surface area contributed by atoms with E-state index in [1.54, 1.807) is 17.8 Å². The van der Waals surface area contributed by atoms with Crippen LogP contribution in [0, 0.1) is 9.39 Å². The fourth-order valence-corrected chi connectivity index (χ4v) is 3.46. The Hall–Kier alpha value is -0.890. The lowest BCUT2D eigenvalue weighted by molar-refractivity contribution is 0.624. The lowest BCUT2D eigenvalue weighted by atomic mass is 10.2. The van der Waals surface area contributed by atoms with Crippen molar-refractivity contribution in [3.63, 3.8) is 0 Å². The maximum Gasteiger partial charge on any atom is 0.143 e. The lowest BCUT2D eigenvalue weighted by Gasteiger charge is -2.10. The molecule has 3 nitrogen and oxygen atoms in total. The Bertz CT molecular complexity index is 622. The summed E-state index contributed by atoms with van der Waals surface area (Å²) in [4.78, 5) is 10.1. The van der Waals surface area contributed by atoms with Crippen LogP contribution in [0.4, 0.5) is 10.2 Å². The van der Waals surface area contributed by atoms with Gasteiger partial charge in [-0.05, 0) is 47.2 Å². The van der Waals surface area contributed by atoms with Crippen LogP contribution in [0.3, 0.4) is 0 Å². The summed E-state index contributed by atoms with van der Waals surface area (Å²) >= 11 is 3.83. The third kappa shape index (κ3) is 4.54. The van der Waals surface area contributed by atoms with Crippen molar-refractivity contribution in [2.45, 2.75) is 30.4 Å². The molecule has 0 saturated carbocycles. The molecule has 0 atom stereocenters. The molecule has 6 heteroatoms. The first-order valence-electron chi connectivity index (χ1n) is 6.75. The Morgan fingerprint density at radius 2 is 2.14 bits per heavy atom. The molecule has 0 aliphatic heterocycles. The molecule has 0 unspecified atom stereocenters. The van der Waals surface area contributed by atoms with Gasteiger partial charge in [0.15, 0.2) is 0 Å². The van der Waals surface area contributed by atoms with Crippen LogP contribution in [0.1, 0.15) is 24.9 Å². The predicted octanol–water partition coefficient (Wildman–Crippen LogP) is 4.51. The molecule has 2 aromatic rings. The van der Waals surface area contributed by atoms with E-state index < -0.39 is 0 Å². The summed E-state index contributed by atoms with van der Waals surface area (Å²) in [6.45, 7) is 2.14. The van der Waals surface area contributed by atoms with Crippen molar-refractivity contribution in [2.75, 3.05) is 12.4 Å². The van der Waals surface area contributed by atoms with Crippen LogP contribution in [0.2, 0.25) is 0 Å². The zero-order valence-corrected chi connectivity index (χ0v) is 15.0. The second-order valence-electron chi connectivity index (χ2n) is 4.50. The largest absolute Gasteiger partial charge is 0.372 e. The lowest BCUT2D eigenvalue weighted by Crippen LogP contribution is -2.07. The van der Waals surface area contributed by atoms with Gasteiger partial charge < -0.3 is 5.32 Å². The van der Waals surface area contributed by atoms with Crippen LogP contribution >= 0.6 is 34.4 Å². The van der Waals surface area contributed by atoms with Crippen molar-refractivity contribution in [3.8, 4) is 0 Å². The Balaban J connectivity index is 2.17. The molecule has 1 aromatic heterocycles. The van der Waals surface area contributed by atoms with Gasteiger partial charge in [-0.3, -0.25) is 0 Å². The topological polar surface area (TPSA) is 37.8 Å². The number of halogens is 2. The van der Waals surface area contributed by atoms with Crippen LogP contribution in [-0.2, 0) is 12.2 Å². The number of nitrogens with one attached hydrogen (secondary N) is 1. The van der Waals surface area contributed by atoms with Crippen molar-refractivity contribution in [2.24, 2.45) is 0 Å². The van der Waals surface area contributed by atoms with Crippen LogP contribution < -0.4 is 5.32 Å². The zero-order valence-electron chi connectivity index (χ0n) is 12.0. The summed E-state index contributed by atoms with van der Waals surface area (Å²) in [6, 6.07) is 6.59. The van der Waals surface area contributed by atoms with Crippen LogP contribution in [0.15, 0.2) is 29.2 Å². The maximum atomic E-state index is 13.2. The normalized spacial score (nSPS) is 10.7. The van der Waals surface area contributed by atoms with Gasteiger partial charge in [0.05, 0.1) is 15.0 Å². The van der Waals surface area contributed by atoms with E-state index in [0.717, 1.165) is 38.6 Å². The van der Waals surface area contributed by atoms with E-state index in [1.165, 1.54) is 12.1 Å². The van der Waals surface area contributed by atoms with Crippen molar-refractivity contribution >= 4 is 40.2 Å². The molecule has 0 aliphatic carbocycles. The molecule has 0 saturated heterocycles. The third-order valence-corrected chi connectivity index (χ3v) is 4.98. The Kier molecular flexibility index (Phi) is 6.22. The van der Waals surface area contributed by atoms with E-state index in [2.05, 4.69) is 44.8 Å². The first-order chi connectivity index (χ1) is 10.1. The molecule has 1 N–H and O–H groups in total. The number of nitrogens with zero attached hydrogens (tertiary/aromatic N) is 2. The summed E-state index contributed by atoms with van der Waals surface area (Å²) in [5, 5.41) is 3.11. The number of aryl methyl sites for hydroxylation is 1. The minimum atomic E-state index is -0.217. The summed E-state index contributed by atoms with van der Waals surface area (Å²) in [5.74, 6) is 2.05. The average Bonchev–Trinajstić information content (AvgIpc) is 2.48. The minimum absolute atomic E-state index is 0.217. The third-order valence-electron chi connectivity index (χ3n) is 2.85. The highest BCUT2D eigenvalue weighted by Gasteiger charge is 2.11. The molecule has 1 heterocycles. The van der Waals surface area contributed by atoms with Crippen molar-refractivity contribution in [1.29, 1.82) is 0 Å². The summed E-state index contributed by atoms with van der Waals surface area (Å²) in [7, 11) is 1.86. The smallest absolute Gasteiger partial charge is 0.143 e. The number of thioether (sulfide) groups is 1. The molecule has 112 valence electrons. The highest BCUT2D eigenvalue weighted by molar-refractivity contribution is 14.1. The molecule has 0 fully saturated rings. The number of hydrogen-bond acceptors (Lipinski definition) is 4. The number of anilines is 1. The molecule has 0 aliphatic rings. The molecule has 0 spiro atoms. The van der Waals surface area contributed by atoms with E-state index in [4.69, 9.17) is 0 Å². The van der Waals surface area contributed by atoms with E-state index in [1.807, 2.05) is 13.1 Å². The summed E-state index contributed by atoms with van der Waals surface area (Å²) in [6.07, 6.45) is 1.99. The Morgan fingerprint density at radius 3 is 2.81 bits per heavy atom. The average molecular weight is 417 g/mol. The second kappa shape index (κ2) is 7.93. The molecular formula is C15H17FIN3S. The van der Waals surface area contributed by atoms with Crippen LogP contribution in [-0.4, -0.2) is 17.0 Å². The molecular weight excluding hydrogens is 400 g/mol. The number of rotatable bonds is 6. The Morgan fingerprint density at radius 1 is 1.33 bits per heavy atom. The molecule has 2 rings (SSSR count). The van der Waals surface area contributed by atoms with Crippen LogP contribution in [0.25, 0.3) is 0 Å². The monoisotopic (exact) mass is 417 g/mol. The van der Waals surface area contributed by atoms with Gasteiger partial charge in [-0.1, -0.05) is 19.4 Å². The van der Waals surface area contributed by atoms with E-state index in [9.17, 15) is 4.39 Å². The zero-order chi connectivity index (χ0) is 15.2. The number of hydrogen-bond donors (Lipinski definition) is 1. The van der Waals surface area contributed by atoms with Gasteiger partial charge in [0.25, 0.3) is 0 Å². The molecule has 0 amide bonds. The Labute approximate surface area is 142 Å². The minimum Gasteiger partial charge on any atom is -0.372 e. The highest BCUT2D eigenvalue weighted by atomic mass is 127. The van der Waals surface area contributed by atoms with Crippen molar-refractivity contribution in [3.05, 3.63) is 45.2 Å². The van der Waals surface area contributed by atoms with Gasteiger partial charge in [-0.2, -0.15) is 0 Å². The van der Waals surface area contributed by atoms with Gasteiger partial charge in [0.2, 0.25) is 0 Å². The summed E-state index contributed by atoms with van der Waals surface area (Å²) in [5.41, 5.74) is 1.08. The van der Waals surface area contributed by atoms with Gasteiger partial charge in [-0.25, -0.2) is 14.4 Å². The molecule has 21 heavy (non-hydrogen) atoms. The summed E-state index contributed by atoms with van der Waals surface area (Å²) < 4.78 is 14.3. The maximum absolute atomic E-state index is 13.2. The molecule has 0 radical (unpaired) electrons. The quantitative estimate of drug-likeness (QED) is 0.555. The number of benzene rings is 1. The predicted molar refractivity (Wildman–Crippen MR) is 94.3 cm³/mol. The second-order valence-corrected chi connectivity index (χ2v) is 6.62. The van der Waals surface area contributed by atoms with Crippen LogP contribution in [0.5, 0.6) is 0 Å². The van der Waals surface area contributed by atoms with Crippen molar-refractivity contribution < 1.29 is 4.39 Å².